The molecule has 2 aliphatic heterocycles. The average Bonchev–Trinajstić information content (AvgIpc) is 3.35. The third-order valence-electron chi connectivity index (χ3n) is 5.90. The van der Waals surface area contributed by atoms with Crippen LogP contribution in [0.4, 0.5) is 5.00 Å². The third-order valence-corrected chi connectivity index (χ3v) is 6.83. The molecular weight excluding hydrogens is 394 g/mol. The number of rotatable bonds is 4. The highest BCUT2D eigenvalue weighted by atomic mass is 32.1. The lowest BCUT2D eigenvalue weighted by Crippen LogP contribution is -2.52. The number of hydrogen-bond donors (Lipinski definition) is 1. The minimum absolute atomic E-state index is 0.161. The highest BCUT2D eigenvalue weighted by molar-refractivity contribution is 7.14. The molecule has 1 aromatic heterocycles. The van der Waals surface area contributed by atoms with E-state index in [1.165, 1.54) is 11.4 Å². The topological polar surface area (TPSA) is 51.2 Å². The van der Waals surface area contributed by atoms with E-state index in [4.69, 9.17) is 0 Å². The molecule has 30 heavy (non-hydrogen) atoms. The number of guanidine groups is 1. The van der Waals surface area contributed by atoms with E-state index in [0.29, 0.717) is 6.54 Å². The third kappa shape index (κ3) is 4.95. The number of piperazine rings is 1. The lowest BCUT2D eigenvalue weighted by molar-refractivity contribution is 0.0724. The zero-order chi connectivity index (χ0) is 20.8. The Balaban J connectivity index is 1.27. The minimum Gasteiger partial charge on any atom is -0.360 e. The Hall–Kier alpha value is -2.54. The fraction of sp³-hybridized carbons (Fsp3) is 0.478. The van der Waals surface area contributed by atoms with Gasteiger partial charge in [0.15, 0.2) is 5.96 Å². The minimum atomic E-state index is 0.161. The van der Waals surface area contributed by atoms with Gasteiger partial charge in [-0.2, -0.15) is 0 Å². The molecule has 2 aliphatic rings. The molecule has 2 aromatic rings. The lowest BCUT2D eigenvalue weighted by atomic mass is 10.1. The first-order valence-corrected chi connectivity index (χ1v) is 11.7. The first-order valence-electron chi connectivity index (χ1n) is 10.9. The van der Waals surface area contributed by atoms with Gasteiger partial charge in [-0.3, -0.25) is 9.79 Å². The number of amides is 1. The molecule has 4 rings (SSSR count). The van der Waals surface area contributed by atoms with Crippen LogP contribution in [-0.2, 0) is 6.54 Å². The first-order chi connectivity index (χ1) is 14.7. The van der Waals surface area contributed by atoms with Crippen LogP contribution in [0.25, 0.3) is 0 Å². The Morgan fingerprint density at radius 2 is 1.70 bits per heavy atom. The summed E-state index contributed by atoms with van der Waals surface area (Å²) in [6, 6.07) is 12.3. The number of nitrogens with zero attached hydrogens (tertiary/aromatic N) is 4. The molecule has 1 aromatic carbocycles. The standard InChI is InChI=1S/C23H31N5OS/c1-24-23(28-15-13-26(14-16-28)21-6-5-17-30-21)25-18-19-7-9-20(10-8-19)22(29)27-11-3-2-4-12-27/h5-10,17H,2-4,11-16,18H2,1H3,(H,24,25). The van der Waals surface area contributed by atoms with Gasteiger partial charge in [-0.1, -0.05) is 12.1 Å². The Labute approximate surface area is 183 Å². The van der Waals surface area contributed by atoms with Gasteiger partial charge in [-0.15, -0.1) is 11.3 Å². The second-order valence-corrected chi connectivity index (χ2v) is 8.80. The molecule has 2 fully saturated rings. The highest BCUT2D eigenvalue weighted by Crippen LogP contribution is 2.22. The highest BCUT2D eigenvalue weighted by Gasteiger charge is 2.21. The Kier molecular flexibility index (Phi) is 6.89. The van der Waals surface area contributed by atoms with Gasteiger partial charge in [0.05, 0.1) is 5.00 Å². The quantitative estimate of drug-likeness (QED) is 0.603. The van der Waals surface area contributed by atoms with Crippen molar-refractivity contribution >= 4 is 28.2 Å². The molecular formula is C23H31N5OS. The number of piperidine rings is 1. The molecule has 6 nitrogen and oxygen atoms in total. The van der Waals surface area contributed by atoms with Gasteiger partial charge < -0.3 is 20.0 Å². The smallest absolute Gasteiger partial charge is 0.253 e. The van der Waals surface area contributed by atoms with E-state index < -0.39 is 0 Å². The van der Waals surface area contributed by atoms with Gasteiger partial charge >= 0.3 is 0 Å². The molecule has 2 saturated heterocycles. The normalized spacial score (nSPS) is 17.9. The largest absolute Gasteiger partial charge is 0.360 e. The van der Waals surface area contributed by atoms with Crippen LogP contribution in [0.3, 0.4) is 0 Å². The van der Waals surface area contributed by atoms with Crippen LogP contribution in [0.15, 0.2) is 46.8 Å². The van der Waals surface area contributed by atoms with Gasteiger partial charge in [-0.25, -0.2) is 0 Å². The molecule has 160 valence electrons. The van der Waals surface area contributed by atoms with Crippen molar-refractivity contribution in [1.29, 1.82) is 0 Å². The number of thiophene rings is 1. The molecule has 3 heterocycles. The van der Waals surface area contributed by atoms with Crippen LogP contribution in [0.2, 0.25) is 0 Å². The zero-order valence-electron chi connectivity index (χ0n) is 17.7. The molecule has 1 amide bonds. The summed E-state index contributed by atoms with van der Waals surface area (Å²) in [5.41, 5.74) is 1.94. The van der Waals surface area contributed by atoms with E-state index in [0.717, 1.165) is 69.2 Å². The SMILES string of the molecule is CN=C(NCc1ccc(C(=O)N2CCCCC2)cc1)N1CCN(c2cccs2)CC1. The van der Waals surface area contributed by atoms with Crippen molar-refractivity contribution in [3.05, 3.63) is 52.9 Å². The summed E-state index contributed by atoms with van der Waals surface area (Å²) in [5.74, 6) is 1.10. The molecule has 0 radical (unpaired) electrons. The number of anilines is 1. The Bertz CT molecular complexity index is 835. The first kappa shape index (κ1) is 20.7. The van der Waals surface area contributed by atoms with Crippen LogP contribution in [0.1, 0.15) is 35.2 Å². The monoisotopic (exact) mass is 425 g/mol. The number of nitrogens with one attached hydrogen (secondary N) is 1. The summed E-state index contributed by atoms with van der Waals surface area (Å²) in [7, 11) is 1.84. The summed E-state index contributed by atoms with van der Waals surface area (Å²) in [5, 5.41) is 6.96. The number of carbonyl (C=O) groups excluding carboxylic acids is 1. The lowest BCUT2D eigenvalue weighted by Gasteiger charge is -2.37. The summed E-state index contributed by atoms with van der Waals surface area (Å²) in [4.78, 5) is 23.8. The fourth-order valence-corrected chi connectivity index (χ4v) is 4.93. The summed E-state index contributed by atoms with van der Waals surface area (Å²) in [6.07, 6.45) is 3.47. The number of hydrogen-bond acceptors (Lipinski definition) is 4. The molecule has 0 bridgehead atoms. The number of aliphatic imine (C=N–C) groups is 1. The van der Waals surface area contributed by atoms with E-state index in [1.54, 1.807) is 11.3 Å². The zero-order valence-corrected chi connectivity index (χ0v) is 18.5. The van der Waals surface area contributed by atoms with E-state index in [1.807, 2.05) is 36.2 Å². The van der Waals surface area contributed by atoms with E-state index in [2.05, 4.69) is 37.6 Å². The maximum atomic E-state index is 12.6. The van der Waals surface area contributed by atoms with Crippen molar-refractivity contribution in [3.8, 4) is 0 Å². The molecule has 7 heteroatoms. The van der Waals surface area contributed by atoms with Gasteiger partial charge in [0.1, 0.15) is 0 Å². The maximum Gasteiger partial charge on any atom is 0.253 e. The Morgan fingerprint density at radius 3 is 2.33 bits per heavy atom. The van der Waals surface area contributed by atoms with Crippen LogP contribution in [-0.4, -0.2) is 68.0 Å². The Morgan fingerprint density at radius 1 is 0.967 bits per heavy atom. The van der Waals surface area contributed by atoms with Crippen molar-refractivity contribution in [2.45, 2.75) is 25.8 Å². The van der Waals surface area contributed by atoms with Gasteiger partial charge in [0.25, 0.3) is 5.91 Å². The van der Waals surface area contributed by atoms with Crippen LogP contribution >= 0.6 is 11.3 Å². The number of likely N-dealkylation sites (tertiary alicyclic amines) is 1. The van der Waals surface area contributed by atoms with Crippen LogP contribution in [0.5, 0.6) is 0 Å². The number of carbonyl (C=O) groups is 1. The molecule has 1 N–H and O–H groups in total. The van der Waals surface area contributed by atoms with Crippen LogP contribution in [0, 0.1) is 0 Å². The van der Waals surface area contributed by atoms with E-state index in [-0.39, 0.29) is 5.91 Å². The van der Waals surface area contributed by atoms with Crippen molar-refractivity contribution < 1.29 is 4.79 Å². The predicted octanol–water partition coefficient (Wildman–Crippen LogP) is 3.27. The fourth-order valence-electron chi connectivity index (χ4n) is 4.15. The maximum absolute atomic E-state index is 12.6. The van der Waals surface area contributed by atoms with Gasteiger partial charge in [0, 0.05) is 58.4 Å². The number of benzene rings is 1. The average molecular weight is 426 g/mol. The second kappa shape index (κ2) is 9.98. The van der Waals surface area contributed by atoms with Crippen molar-refractivity contribution in [3.63, 3.8) is 0 Å². The molecule has 0 atom stereocenters. The van der Waals surface area contributed by atoms with Crippen molar-refractivity contribution in [1.82, 2.24) is 15.1 Å². The molecule has 0 spiro atoms. The molecule has 0 aliphatic carbocycles. The van der Waals surface area contributed by atoms with Crippen molar-refractivity contribution in [2.24, 2.45) is 4.99 Å². The predicted molar refractivity (Wildman–Crippen MR) is 125 cm³/mol. The molecule has 0 saturated carbocycles. The summed E-state index contributed by atoms with van der Waals surface area (Å²) >= 11 is 1.80. The van der Waals surface area contributed by atoms with E-state index in [9.17, 15) is 4.79 Å². The summed E-state index contributed by atoms with van der Waals surface area (Å²) in [6.45, 7) is 6.41. The molecule has 0 unspecified atom stereocenters. The van der Waals surface area contributed by atoms with Gasteiger partial charge in [0.2, 0.25) is 0 Å². The summed E-state index contributed by atoms with van der Waals surface area (Å²) < 4.78 is 0. The van der Waals surface area contributed by atoms with Crippen LogP contribution < -0.4 is 10.2 Å². The van der Waals surface area contributed by atoms with Crippen molar-refractivity contribution in [2.75, 3.05) is 51.2 Å². The second-order valence-electron chi connectivity index (χ2n) is 7.88. The van der Waals surface area contributed by atoms with Gasteiger partial charge in [-0.05, 0) is 54.5 Å². The van der Waals surface area contributed by atoms with E-state index >= 15 is 0 Å².